The quantitative estimate of drug-likeness (QED) is 0.575. The molecular weight excluding hydrogens is 414 g/mol. The highest BCUT2D eigenvalue weighted by atomic mass is 32.2. The zero-order valence-electron chi connectivity index (χ0n) is 17.9. The van der Waals surface area contributed by atoms with Crippen molar-refractivity contribution >= 4 is 28.3 Å². The maximum absolute atomic E-state index is 13.2. The van der Waals surface area contributed by atoms with Crippen LogP contribution in [0.5, 0.6) is 5.75 Å². The second-order valence-corrected chi connectivity index (χ2v) is 9.40. The molecule has 4 rings (SSSR count). The maximum Gasteiger partial charge on any atom is 0.341 e. The van der Waals surface area contributed by atoms with Gasteiger partial charge in [-0.1, -0.05) is 32.0 Å². The van der Waals surface area contributed by atoms with Crippen molar-refractivity contribution < 1.29 is 18.8 Å². The molecule has 3 N–H and O–H groups in total. The van der Waals surface area contributed by atoms with Crippen LogP contribution in [0.2, 0.25) is 0 Å². The van der Waals surface area contributed by atoms with Gasteiger partial charge in [-0.2, -0.15) is 0 Å². The van der Waals surface area contributed by atoms with Crippen LogP contribution in [0.1, 0.15) is 42.1 Å². The van der Waals surface area contributed by atoms with E-state index in [1.807, 2.05) is 24.3 Å². The Labute approximate surface area is 185 Å². The molecule has 0 aliphatic carbocycles. The molecule has 2 aromatic carbocycles. The number of nitrogens with zero attached hydrogens (tertiary/aromatic N) is 1. The highest BCUT2D eigenvalue weighted by Gasteiger charge is 2.28. The number of anilines is 2. The Morgan fingerprint density at radius 3 is 2.74 bits per heavy atom. The first-order valence-electron chi connectivity index (χ1n) is 10.7. The monoisotopic (exact) mass is 443 g/mol. The molecule has 31 heavy (non-hydrogen) atoms. The topological polar surface area (TPSA) is 90.9 Å². The van der Waals surface area contributed by atoms with Crippen molar-refractivity contribution in [2.45, 2.75) is 31.1 Å². The Morgan fingerprint density at radius 1 is 1.23 bits per heavy atom. The van der Waals surface area contributed by atoms with Gasteiger partial charge in [-0.05, 0) is 42.6 Å². The number of ether oxygens (including phenoxy) is 1. The number of hydrogen-bond acceptors (Lipinski definition) is 5. The minimum Gasteiger partial charge on any atom is -0.492 e. The number of rotatable bonds is 8. The first-order valence-corrected chi connectivity index (χ1v) is 11.9. The van der Waals surface area contributed by atoms with E-state index in [0.29, 0.717) is 28.9 Å². The summed E-state index contributed by atoms with van der Waals surface area (Å²) in [6, 6.07) is 11.0. The Bertz CT molecular complexity index is 991. The summed E-state index contributed by atoms with van der Waals surface area (Å²) in [5, 5.41) is 13.3. The Hall–Kier alpha value is -2.58. The highest BCUT2D eigenvalue weighted by Crippen LogP contribution is 2.40. The van der Waals surface area contributed by atoms with Crippen LogP contribution in [0.3, 0.4) is 0 Å². The molecule has 0 radical (unpaired) electrons. The van der Waals surface area contributed by atoms with Crippen LogP contribution in [-0.2, 0) is 11.0 Å². The van der Waals surface area contributed by atoms with E-state index in [4.69, 9.17) is 4.74 Å². The molecule has 0 aromatic heterocycles. The van der Waals surface area contributed by atoms with Gasteiger partial charge in [-0.25, -0.2) is 9.00 Å². The average Bonchev–Trinajstić information content (AvgIpc) is 2.72. The number of carbonyl (C=O) groups is 1. The number of nitrogens with one attached hydrogen (secondary N) is 2. The van der Waals surface area contributed by atoms with Gasteiger partial charge in [0, 0.05) is 25.6 Å². The lowest BCUT2D eigenvalue weighted by atomic mass is 9.92. The molecule has 7 nitrogen and oxygen atoms in total. The highest BCUT2D eigenvalue weighted by molar-refractivity contribution is 7.86. The molecule has 1 saturated heterocycles. The first kappa shape index (κ1) is 21.6. The van der Waals surface area contributed by atoms with Crippen LogP contribution >= 0.6 is 0 Å². The second-order valence-electron chi connectivity index (χ2n) is 8.22. The fraction of sp³-hybridized carbons (Fsp3) is 0.435. The summed E-state index contributed by atoms with van der Waals surface area (Å²) < 4.78 is 21.8. The van der Waals surface area contributed by atoms with E-state index >= 15 is 0 Å². The minimum atomic E-state index is -1.63. The SMILES string of the molecule is CCN1CC(CNc2ccccc2S(=O)Nc2ccc3c(c2C(=O)O)OCCC3C)C1. The van der Waals surface area contributed by atoms with Gasteiger partial charge in [0.1, 0.15) is 11.3 Å². The van der Waals surface area contributed by atoms with E-state index in [0.717, 1.165) is 43.9 Å². The third kappa shape index (κ3) is 4.55. The lowest BCUT2D eigenvalue weighted by molar-refractivity contribution is 0.0692. The number of hydrogen-bond donors (Lipinski definition) is 3. The summed E-state index contributed by atoms with van der Waals surface area (Å²) in [5.74, 6) is 0.0849. The van der Waals surface area contributed by atoms with Crippen molar-refractivity contribution in [2.75, 3.05) is 42.8 Å². The lowest BCUT2D eigenvalue weighted by Crippen LogP contribution is -2.49. The molecule has 2 unspecified atom stereocenters. The lowest BCUT2D eigenvalue weighted by Gasteiger charge is -2.38. The molecule has 8 heteroatoms. The molecule has 0 amide bonds. The van der Waals surface area contributed by atoms with Crippen molar-refractivity contribution in [1.29, 1.82) is 0 Å². The molecule has 2 aromatic rings. The zero-order chi connectivity index (χ0) is 22.0. The molecule has 0 bridgehead atoms. The summed E-state index contributed by atoms with van der Waals surface area (Å²) in [7, 11) is -1.63. The molecule has 2 atom stereocenters. The van der Waals surface area contributed by atoms with E-state index in [1.54, 1.807) is 12.1 Å². The third-order valence-corrected chi connectivity index (χ3v) is 7.24. The predicted molar refractivity (Wildman–Crippen MR) is 122 cm³/mol. The van der Waals surface area contributed by atoms with Crippen molar-refractivity contribution in [2.24, 2.45) is 5.92 Å². The van der Waals surface area contributed by atoms with Gasteiger partial charge in [0.15, 0.2) is 11.0 Å². The van der Waals surface area contributed by atoms with E-state index in [9.17, 15) is 14.1 Å². The zero-order valence-corrected chi connectivity index (χ0v) is 18.7. The molecule has 1 fully saturated rings. The largest absolute Gasteiger partial charge is 0.492 e. The van der Waals surface area contributed by atoms with Gasteiger partial charge in [0.2, 0.25) is 0 Å². The van der Waals surface area contributed by atoms with Crippen LogP contribution in [0.15, 0.2) is 41.3 Å². The number of para-hydroxylation sites is 1. The van der Waals surface area contributed by atoms with E-state index in [1.165, 1.54) is 0 Å². The number of likely N-dealkylation sites (tertiary alicyclic amines) is 1. The molecular formula is C23H29N3O4S. The van der Waals surface area contributed by atoms with Crippen LogP contribution < -0.4 is 14.8 Å². The minimum absolute atomic E-state index is 0.0389. The fourth-order valence-electron chi connectivity index (χ4n) is 4.18. The van der Waals surface area contributed by atoms with Crippen molar-refractivity contribution in [1.82, 2.24) is 4.90 Å². The standard InChI is InChI=1S/C23H29N3O4S/c1-3-26-13-16(14-26)12-24-18-6-4-5-7-20(18)31(29)25-19-9-8-17-15(2)10-11-30-22(17)21(19)23(27)28/h4-9,15-16,24-25H,3,10-14H2,1-2H3,(H,27,28). The molecule has 166 valence electrons. The summed E-state index contributed by atoms with van der Waals surface area (Å²) in [4.78, 5) is 15.0. The van der Waals surface area contributed by atoms with Gasteiger partial charge >= 0.3 is 5.97 Å². The van der Waals surface area contributed by atoms with Crippen molar-refractivity contribution in [3.8, 4) is 5.75 Å². The number of carboxylic acid groups (broad SMARTS) is 1. The van der Waals surface area contributed by atoms with Gasteiger partial charge in [0.05, 0.1) is 22.9 Å². The Kier molecular flexibility index (Phi) is 6.48. The number of aromatic carboxylic acids is 1. The van der Waals surface area contributed by atoms with E-state index in [2.05, 4.69) is 28.8 Å². The molecule has 2 heterocycles. The predicted octanol–water partition coefficient (Wildman–Crippen LogP) is 3.77. The van der Waals surface area contributed by atoms with E-state index < -0.39 is 17.0 Å². The summed E-state index contributed by atoms with van der Waals surface area (Å²) >= 11 is 0. The normalized spacial score (nSPS) is 19.6. The molecule has 0 spiro atoms. The summed E-state index contributed by atoms with van der Waals surface area (Å²) in [6.45, 7) is 8.72. The van der Waals surface area contributed by atoms with Crippen LogP contribution in [-0.4, -0.2) is 53.0 Å². The summed E-state index contributed by atoms with van der Waals surface area (Å²) in [6.07, 6.45) is 0.848. The van der Waals surface area contributed by atoms with Gasteiger partial charge < -0.3 is 24.8 Å². The Balaban J connectivity index is 1.53. The van der Waals surface area contributed by atoms with Gasteiger partial charge in [0.25, 0.3) is 0 Å². The van der Waals surface area contributed by atoms with Crippen LogP contribution in [0, 0.1) is 5.92 Å². The van der Waals surface area contributed by atoms with Gasteiger partial charge in [-0.15, -0.1) is 0 Å². The molecule has 2 aliphatic heterocycles. The van der Waals surface area contributed by atoms with Crippen molar-refractivity contribution in [3.63, 3.8) is 0 Å². The second kappa shape index (κ2) is 9.28. The fourth-order valence-corrected chi connectivity index (χ4v) is 5.20. The number of fused-ring (bicyclic) bond motifs is 1. The number of carboxylic acids is 1. The van der Waals surface area contributed by atoms with E-state index in [-0.39, 0.29) is 11.5 Å². The van der Waals surface area contributed by atoms with Crippen molar-refractivity contribution in [3.05, 3.63) is 47.5 Å². The summed E-state index contributed by atoms with van der Waals surface area (Å²) in [5.41, 5.74) is 2.01. The average molecular weight is 444 g/mol. The van der Waals surface area contributed by atoms with Crippen LogP contribution in [0.25, 0.3) is 0 Å². The van der Waals surface area contributed by atoms with Gasteiger partial charge in [-0.3, -0.25) is 0 Å². The molecule has 2 aliphatic rings. The molecule has 0 saturated carbocycles. The first-order chi connectivity index (χ1) is 15.0. The number of benzene rings is 2. The smallest absolute Gasteiger partial charge is 0.341 e. The maximum atomic E-state index is 13.2. The third-order valence-electron chi connectivity index (χ3n) is 6.08. The Morgan fingerprint density at radius 2 is 2.00 bits per heavy atom. The van der Waals surface area contributed by atoms with Crippen LogP contribution in [0.4, 0.5) is 11.4 Å².